The second-order valence-corrected chi connectivity index (χ2v) is 6.06. The molecular weight excluding hydrogens is 176 g/mol. The topological polar surface area (TPSA) is 72.2 Å². The van der Waals surface area contributed by atoms with Gasteiger partial charge in [0.2, 0.25) is 0 Å². The number of sulfone groups is 1. The predicted octanol–water partition coefficient (Wildman–Crippen LogP) is -1.42. The SMILES string of the molecule is NC[C@]12CNC[C@@H]1CS(=O)(=O)C2. The van der Waals surface area contributed by atoms with E-state index in [4.69, 9.17) is 5.73 Å². The first kappa shape index (κ1) is 8.47. The van der Waals surface area contributed by atoms with E-state index < -0.39 is 9.84 Å². The van der Waals surface area contributed by atoms with Gasteiger partial charge in [-0.2, -0.15) is 0 Å². The molecule has 4 nitrogen and oxygen atoms in total. The molecule has 5 heteroatoms. The van der Waals surface area contributed by atoms with E-state index in [2.05, 4.69) is 5.32 Å². The Hall–Kier alpha value is -0.130. The Morgan fingerprint density at radius 3 is 2.92 bits per heavy atom. The zero-order chi connectivity index (χ0) is 8.82. The summed E-state index contributed by atoms with van der Waals surface area (Å²) < 4.78 is 22.6. The summed E-state index contributed by atoms with van der Waals surface area (Å²) in [5, 5.41) is 3.21. The third-order valence-corrected chi connectivity index (χ3v) is 5.03. The standard InChI is InChI=1S/C7H14N2O2S/c8-3-7-4-9-1-6(7)2-12(10,11)5-7/h6,9H,1-5,8H2/t6-,7-/m1/s1. The molecule has 0 aliphatic carbocycles. The first-order chi connectivity index (χ1) is 5.58. The molecule has 0 aromatic rings. The molecule has 0 saturated carbocycles. The van der Waals surface area contributed by atoms with Crippen molar-refractivity contribution in [3.8, 4) is 0 Å². The summed E-state index contributed by atoms with van der Waals surface area (Å²) in [5.41, 5.74) is 5.49. The first-order valence-electron chi connectivity index (χ1n) is 4.19. The molecule has 0 unspecified atom stereocenters. The van der Waals surface area contributed by atoms with Gasteiger partial charge in [0.1, 0.15) is 0 Å². The van der Waals surface area contributed by atoms with Crippen molar-refractivity contribution in [2.24, 2.45) is 17.1 Å². The summed E-state index contributed by atoms with van der Waals surface area (Å²) in [4.78, 5) is 0. The predicted molar refractivity (Wildman–Crippen MR) is 46.5 cm³/mol. The fourth-order valence-electron chi connectivity index (χ4n) is 2.36. The maximum Gasteiger partial charge on any atom is 0.151 e. The maximum absolute atomic E-state index is 11.3. The molecule has 2 aliphatic rings. The largest absolute Gasteiger partial charge is 0.330 e. The van der Waals surface area contributed by atoms with Crippen LogP contribution in [0.3, 0.4) is 0 Å². The molecule has 2 heterocycles. The van der Waals surface area contributed by atoms with E-state index in [1.165, 1.54) is 0 Å². The lowest BCUT2D eigenvalue weighted by molar-refractivity contribution is 0.314. The van der Waals surface area contributed by atoms with E-state index in [1.807, 2.05) is 0 Å². The zero-order valence-corrected chi connectivity index (χ0v) is 7.73. The monoisotopic (exact) mass is 190 g/mol. The molecule has 2 atom stereocenters. The third-order valence-electron chi connectivity index (χ3n) is 3.10. The molecule has 2 saturated heterocycles. The van der Waals surface area contributed by atoms with Gasteiger partial charge in [0.15, 0.2) is 9.84 Å². The van der Waals surface area contributed by atoms with Gasteiger partial charge in [0.25, 0.3) is 0 Å². The van der Waals surface area contributed by atoms with Crippen molar-refractivity contribution in [2.75, 3.05) is 31.1 Å². The minimum atomic E-state index is -2.80. The van der Waals surface area contributed by atoms with Crippen LogP contribution in [0.5, 0.6) is 0 Å². The molecule has 2 rings (SSSR count). The van der Waals surface area contributed by atoms with E-state index >= 15 is 0 Å². The number of rotatable bonds is 1. The number of nitrogens with one attached hydrogen (secondary N) is 1. The van der Waals surface area contributed by atoms with Crippen molar-refractivity contribution in [1.82, 2.24) is 5.32 Å². The van der Waals surface area contributed by atoms with E-state index in [0.717, 1.165) is 13.1 Å². The van der Waals surface area contributed by atoms with Crippen molar-refractivity contribution in [2.45, 2.75) is 0 Å². The summed E-state index contributed by atoms with van der Waals surface area (Å²) >= 11 is 0. The molecule has 12 heavy (non-hydrogen) atoms. The highest BCUT2D eigenvalue weighted by atomic mass is 32.2. The molecule has 0 aromatic carbocycles. The highest BCUT2D eigenvalue weighted by molar-refractivity contribution is 7.91. The normalized spacial score (nSPS) is 44.6. The number of nitrogens with two attached hydrogens (primary N) is 1. The quantitative estimate of drug-likeness (QED) is 0.532. The molecule has 0 radical (unpaired) electrons. The Kier molecular flexibility index (Phi) is 1.72. The van der Waals surface area contributed by atoms with Crippen LogP contribution < -0.4 is 11.1 Å². The van der Waals surface area contributed by atoms with Crippen LogP contribution >= 0.6 is 0 Å². The Labute approximate surface area is 72.4 Å². The van der Waals surface area contributed by atoms with Gasteiger partial charge in [-0.15, -0.1) is 0 Å². The lowest BCUT2D eigenvalue weighted by Crippen LogP contribution is -2.38. The molecule has 0 bridgehead atoms. The van der Waals surface area contributed by atoms with Gasteiger partial charge in [-0.05, 0) is 12.5 Å². The molecule has 0 amide bonds. The van der Waals surface area contributed by atoms with Crippen molar-refractivity contribution >= 4 is 9.84 Å². The van der Waals surface area contributed by atoms with E-state index in [9.17, 15) is 8.42 Å². The van der Waals surface area contributed by atoms with E-state index in [-0.39, 0.29) is 17.1 Å². The van der Waals surface area contributed by atoms with Crippen molar-refractivity contribution < 1.29 is 8.42 Å². The molecule has 2 fully saturated rings. The van der Waals surface area contributed by atoms with Crippen molar-refractivity contribution in [1.29, 1.82) is 0 Å². The third kappa shape index (κ3) is 1.08. The van der Waals surface area contributed by atoms with Crippen molar-refractivity contribution in [3.05, 3.63) is 0 Å². The average Bonchev–Trinajstić information content (AvgIpc) is 2.40. The zero-order valence-electron chi connectivity index (χ0n) is 6.91. The lowest BCUT2D eigenvalue weighted by Gasteiger charge is -2.23. The van der Waals surface area contributed by atoms with E-state index in [0.29, 0.717) is 12.3 Å². The highest BCUT2D eigenvalue weighted by Gasteiger charge is 2.51. The summed E-state index contributed by atoms with van der Waals surface area (Å²) in [6.45, 7) is 2.08. The lowest BCUT2D eigenvalue weighted by atomic mass is 9.81. The Bertz CT molecular complexity index is 288. The van der Waals surface area contributed by atoms with Gasteiger partial charge in [-0.25, -0.2) is 8.42 Å². The minimum absolute atomic E-state index is 0.140. The molecule has 2 aliphatic heterocycles. The van der Waals surface area contributed by atoms with Crippen LogP contribution in [0.15, 0.2) is 0 Å². The molecule has 3 N–H and O–H groups in total. The molecule has 0 spiro atoms. The summed E-state index contributed by atoms with van der Waals surface area (Å²) in [7, 11) is -2.80. The van der Waals surface area contributed by atoms with Crippen LogP contribution in [0.1, 0.15) is 0 Å². The van der Waals surface area contributed by atoms with Crippen LogP contribution in [0.4, 0.5) is 0 Å². The second kappa shape index (κ2) is 2.43. The molecular formula is C7H14N2O2S. The van der Waals surface area contributed by atoms with Crippen LogP contribution in [0.2, 0.25) is 0 Å². The van der Waals surface area contributed by atoms with Crippen molar-refractivity contribution in [3.63, 3.8) is 0 Å². The fraction of sp³-hybridized carbons (Fsp3) is 1.00. The Balaban J connectivity index is 2.32. The summed E-state index contributed by atoms with van der Waals surface area (Å²) in [6.07, 6.45) is 0. The number of fused-ring (bicyclic) bond motifs is 1. The second-order valence-electron chi connectivity index (χ2n) is 3.95. The smallest absolute Gasteiger partial charge is 0.151 e. The summed E-state index contributed by atoms with van der Waals surface area (Å²) in [6, 6.07) is 0. The number of hydrogen-bond donors (Lipinski definition) is 2. The molecule has 0 aromatic heterocycles. The molecule has 70 valence electrons. The van der Waals surface area contributed by atoms with E-state index in [1.54, 1.807) is 0 Å². The number of hydrogen-bond acceptors (Lipinski definition) is 4. The average molecular weight is 190 g/mol. The first-order valence-corrected chi connectivity index (χ1v) is 6.01. The van der Waals surface area contributed by atoms with Gasteiger partial charge in [0, 0.05) is 18.5 Å². The van der Waals surface area contributed by atoms with Gasteiger partial charge < -0.3 is 11.1 Å². The van der Waals surface area contributed by atoms with Gasteiger partial charge >= 0.3 is 0 Å². The van der Waals surface area contributed by atoms with Crippen LogP contribution in [-0.2, 0) is 9.84 Å². The summed E-state index contributed by atoms with van der Waals surface area (Å²) in [5.74, 6) is 0.873. The minimum Gasteiger partial charge on any atom is -0.330 e. The van der Waals surface area contributed by atoms with Crippen LogP contribution in [-0.4, -0.2) is 39.6 Å². The Morgan fingerprint density at radius 2 is 2.33 bits per heavy atom. The van der Waals surface area contributed by atoms with Gasteiger partial charge in [0.05, 0.1) is 11.5 Å². The van der Waals surface area contributed by atoms with Crippen LogP contribution in [0.25, 0.3) is 0 Å². The Morgan fingerprint density at radius 1 is 1.58 bits per heavy atom. The van der Waals surface area contributed by atoms with Gasteiger partial charge in [-0.3, -0.25) is 0 Å². The van der Waals surface area contributed by atoms with Gasteiger partial charge in [-0.1, -0.05) is 0 Å². The van der Waals surface area contributed by atoms with Crippen LogP contribution in [0, 0.1) is 11.3 Å². The maximum atomic E-state index is 11.3. The highest BCUT2D eigenvalue weighted by Crippen LogP contribution is 2.39. The fourth-order valence-corrected chi connectivity index (χ4v) is 4.90.